The van der Waals surface area contributed by atoms with Gasteiger partial charge in [0.15, 0.2) is 6.29 Å². The van der Waals surface area contributed by atoms with E-state index in [2.05, 4.69) is 13.8 Å². The van der Waals surface area contributed by atoms with Crippen LogP contribution >= 0.6 is 0 Å². The number of rotatable bonds is 6. The van der Waals surface area contributed by atoms with Gasteiger partial charge in [-0.25, -0.2) is 0 Å². The van der Waals surface area contributed by atoms with Gasteiger partial charge in [0, 0.05) is 20.1 Å². The summed E-state index contributed by atoms with van der Waals surface area (Å²) in [7, 11) is 3.40. The highest BCUT2D eigenvalue weighted by atomic mass is 16.7. The molecule has 2 heteroatoms. The summed E-state index contributed by atoms with van der Waals surface area (Å²) in [5.74, 6) is 0.551. The molecule has 0 saturated carbocycles. The van der Waals surface area contributed by atoms with Crippen molar-refractivity contribution in [3.8, 4) is 0 Å². The SMILES string of the molecule is CCCC(CC)C(OC)OC. The van der Waals surface area contributed by atoms with Gasteiger partial charge in [-0.15, -0.1) is 0 Å². The van der Waals surface area contributed by atoms with Crippen molar-refractivity contribution in [2.45, 2.75) is 39.4 Å². The maximum atomic E-state index is 5.18. The van der Waals surface area contributed by atoms with Gasteiger partial charge in [0.1, 0.15) is 0 Å². The average Bonchev–Trinajstić information content (AvgIpc) is 2.05. The Bertz CT molecular complexity index is 79.6. The fourth-order valence-electron chi connectivity index (χ4n) is 1.38. The lowest BCUT2D eigenvalue weighted by atomic mass is 10.0. The Morgan fingerprint density at radius 2 is 1.64 bits per heavy atom. The Balaban J connectivity index is 3.76. The first-order valence-electron chi connectivity index (χ1n) is 4.35. The first-order valence-corrected chi connectivity index (χ1v) is 4.35. The van der Waals surface area contributed by atoms with E-state index in [1.807, 2.05) is 0 Å². The van der Waals surface area contributed by atoms with Crippen LogP contribution in [-0.2, 0) is 9.47 Å². The summed E-state index contributed by atoms with van der Waals surface area (Å²) in [6, 6.07) is 0. The topological polar surface area (TPSA) is 18.5 Å². The zero-order valence-electron chi connectivity index (χ0n) is 8.09. The molecule has 0 spiro atoms. The Hall–Kier alpha value is -0.0800. The molecule has 0 aromatic rings. The molecule has 0 aliphatic carbocycles. The summed E-state index contributed by atoms with van der Waals surface area (Å²) in [5.41, 5.74) is 0. The van der Waals surface area contributed by atoms with E-state index < -0.39 is 0 Å². The number of ether oxygens (including phenoxy) is 2. The largest absolute Gasteiger partial charge is 0.356 e. The van der Waals surface area contributed by atoms with E-state index in [0.717, 1.165) is 6.42 Å². The summed E-state index contributed by atoms with van der Waals surface area (Å²) < 4.78 is 10.4. The third kappa shape index (κ3) is 3.73. The smallest absolute Gasteiger partial charge is 0.159 e. The Morgan fingerprint density at radius 3 is 1.91 bits per heavy atom. The van der Waals surface area contributed by atoms with Gasteiger partial charge in [0.25, 0.3) is 0 Å². The summed E-state index contributed by atoms with van der Waals surface area (Å²) in [5, 5.41) is 0. The fraction of sp³-hybridized carbons (Fsp3) is 1.00. The molecule has 0 aliphatic rings. The summed E-state index contributed by atoms with van der Waals surface area (Å²) in [4.78, 5) is 0. The Labute approximate surface area is 69.9 Å². The van der Waals surface area contributed by atoms with Crippen molar-refractivity contribution in [1.82, 2.24) is 0 Å². The number of hydrogen-bond donors (Lipinski definition) is 0. The predicted molar refractivity (Wildman–Crippen MR) is 46.5 cm³/mol. The molecule has 0 amide bonds. The van der Waals surface area contributed by atoms with Crippen LogP contribution in [0.15, 0.2) is 0 Å². The molecule has 68 valence electrons. The molecule has 0 heterocycles. The van der Waals surface area contributed by atoms with Crippen LogP contribution < -0.4 is 0 Å². The molecule has 1 unspecified atom stereocenters. The van der Waals surface area contributed by atoms with Crippen molar-refractivity contribution in [3.05, 3.63) is 0 Å². The van der Waals surface area contributed by atoms with Gasteiger partial charge in [-0.2, -0.15) is 0 Å². The summed E-state index contributed by atoms with van der Waals surface area (Å²) in [6.45, 7) is 4.36. The molecule has 0 radical (unpaired) electrons. The van der Waals surface area contributed by atoms with Gasteiger partial charge in [-0.05, 0) is 12.8 Å². The molecule has 0 aliphatic heterocycles. The highest BCUT2D eigenvalue weighted by molar-refractivity contribution is 4.59. The van der Waals surface area contributed by atoms with Crippen LogP contribution in [0.5, 0.6) is 0 Å². The third-order valence-electron chi connectivity index (χ3n) is 2.03. The van der Waals surface area contributed by atoms with Crippen LogP contribution in [0, 0.1) is 5.92 Å². The van der Waals surface area contributed by atoms with Crippen molar-refractivity contribution in [1.29, 1.82) is 0 Å². The monoisotopic (exact) mass is 160 g/mol. The van der Waals surface area contributed by atoms with E-state index in [-0.39, 0.29) is 6.29 Å². The van der Waals surface area contributed by atoms with Crippen LogP contribution in [0.25, 0.3) is 0 Å². The van der Waals surface area contributed by atoms with Crippen molar-refractivity contribution < 1.29 is 9.47 Å². The van der Waals surface area contributed by atoms with Gasteiger partial charge >= 0.3 is 0 Å². The van der Waals surface area contributed by atoms with Crippen molar-refractivity contribution in [2.75, 3.05) is 14.2 Å². The molecule has 0 aromatic heterocycles. The zero-order chi connectivity index (χ0) is 8.69. The zero-order valence-corrected chi connectivity index (χ0v) is 8.09. The Morgan fingerprint density at radius 1 is 1.09 bits per heavy atom. The van der Waals surface area contributed by atoms with Gasteiger partial charge in [-0.3, -0.25) is 0 Å². The second kappa shape index (κ2) is 6.62. The van der Waals surface area contributed by atoms with Crippen molar-refractivity contribution in [2.24, 2.45) is 5.92 Å². The van der Waals surface area contributed by atoms with Crippen molar-refractivity contribution in [3.63, 3.8) is 0 Å². The first kappa shape index (κ1) is 10.9. The highest BCUT2D eigenvalue weighted by Crippen LogP contribution is 2.17. The number of hydrogen-bond acceptors (Lipinski definition) is 2. The molecular weight excluding hydrogens is 140 g/mol. The second-order valence-corrected chi connectivity index (χ2v) is 2.80. The second-order valence-electron chi connectivity index (χ2n) is 2.80. The predicted octanol–water partition coefficient (Wildman–Crippen LogP) is 2.43. The number of methoxy groups -OCH3 is 2. The molecule has 1 atom stereocenters. The normalized spacial score (nSPS) is 13.9. The molecule has 11 heavy (non-hydrogen) atoms. The molecule has 0 N–H and O–H groups in total. The lowest BCUT2D eigenvalue weighted by Gasteiger charge is -2.22. The quantitative estimate of drug-likeness (QED) is 0.556. The van der Waals surface area contributed by atoms with E-state index in [1.54, 1.807) is 14.2 Å². The molecule has 2 nitrogen and oxygen atoms in total. The van der Waals surface area contributed by atoms with Gasteiger partial charge < -0.3 is 9.47 Å². The first-order chi connectivity index (χ1) is 5.29. The molecular formula is C9H20O2. The molecule has 0 rings (SSSR count). The average molecular weight is 160 g/mol. The molecule has 0 fully saturated rings. The van der Waals surface area contributed by atoms with E-state index in [1.165, 1.54) is 12.8 Å². The van der Waals surface area contributed by atoms with E-state index in [4.69, 9.17) is 9.47 Å². The molecule has 0 bridgehead atoms. The maximum Gasteiger partial charge on any atom is 0.159 e. The maximum absolute atomic E-state index is 5.18. The minimum atomic E-state index is -0.0139. The molecule has 0 aromatic carbocycles. The standard InChI is InChI=1S/C9H20O2/c1-5-7-8(6-2)9(10-3)11-4/h8-9H,5-7H2,1-4H3. The fourth-order valence-corrected chi connectivity index (χ4v) is 1.38. The lowest BCUT2D eigenvalue weighted by molar-refractivity contribution is -0.139. The van der Waals surface area contributed by atoms with Crippen molar-refractivity contribution >= 4 is 0 Å². The summed E-state index contributed by atoms with van der Waals surface area (Å²) >= 11 is 0. The highest BCUT2D eigenvalue weighted by Gasteiger charge is 2.17. The van der Waals surface area contributed by atoms with Crippen LogP contribution in [0.2, 0.25) is 0 Å². The Kier molecular flexibility index (Phi) is 6.57. The molecule has 0 saturated heterocycles. The van der Waals surface area contributed by atoms with Gasteiger partial charge in [0.05, 0.1) is 0 Å². The van der Waals surface area contributed by atoms with E-state index in [9.17, 15) is 0 Å². The lowest BCUT2D eigenvalue weighted by Crippen LogP contribution is -2.24. The van der Waals surface area contributed by atoms with Gasteiger partial charge in [-0.1, -0.05) is 20.3 Å². The third-order valence-corrected chi connectivity index (χ3v) is 2.03. The minimum absolute atomic E-state index is 0.0139. The minimum Gasteiger partial charge on any atom is -0.356 e. The van der Waals surface area contributed by atoms with Crippen LogP contribution in [0.4, 0.5) is 0 Å². The van der Waals surface area contributed by atoms with Crippen LogP contribution in [-0.4, -0.2) is 20.5 Å². The van der Waals surface area contributed by atoms with E-state index >= 15 is 0 Å². The summed E-state index contributed by atoms with van der Waals surface area (Å²) in [6.07, 6.45) is 3.49. The van der Waals surface area contributed by atoms with Crippen LogP contribution in [0.3, 0.4) is 0 Å². The van der Waals surface area contributed by atoms with Crippen LogP contribution in [0.1, 0.15) is 33.1 Å². The van der Waals surface area contributed by atoms with E-state index in [0.29, 0.717) is 5.92 Å². The van der Waals surface area contributed by atoms with Gasteiger partial charge in [0.2, 0.25) is 0 Å².